The minimum absolute atomic E-state index is 0.000640. The molecule has 2 fully saturated rings. The Bertz CT molecular complexity index is 892. The molecule has 3 heterocycles. The van der Waals surface area contributed by atoms with Crippen LogP contribution in [-0.4, -0.2) is 66.5 Å². The van der Waals surface area contributed by atoms with E-state index in [9.17, 15) is 9.59 Å². The molecule has 1 unspecified atom stereocenters. The van der Waals surface area contributed by atoms with Gasteiger partial charge in [-0.3, -0.25) is 14.5 Å². The highest BCUT2D eigenvalue weighted by Crippen LogP contribution is 2.27. The van der Waals surface area contributed by atoms with Crippen molar-refractivity contribution in [2.24, 2.45) is 5.92 Å². The Balaban J connectivity index is 1.32. The Morgan fingerprint density at radius 1 is 1.27 bits per heavy atom. The number of carbonyl (C=O) groups is 2. The van der Waals surface area contributed by atoms with Crippen molar-refractivity contribution in [2.75, 3.05) is 44.8 Å². The van der Waals surface area contributed by atoms with E-state index < -0.39 is 0 Å². The third kappa shape index (κ3) is 4.88. The number of aromatic nitrogens is 1. The lowest BCUT2D eigenvalue weighted by atomic mass is 10.1. The zero-order valence-electron chi connectivity index (χ0n) is 17.5. The third-order valence-electron chi connectivity index (χ3n) is 5.66. The lowest BCUT2D eigenvalue weighted by Gasteiger charge is -2.25. The molecule has 1 aromatic carbocycles. The van der Waals surface area contributed by atoms with Gasteiger partial charge in [0, 0.05) is 44.2 Å². The van der Waals surface area contributed by atoms with Gasteiger partial charge in [0.05, 0.1) is 37.9 Å². The van der Waals surface area contributed by atoms with Gasteiger partial charge in [-0.1, -0.05) is 17.7 Å². The van der Waals surface area contributed by atoms with Gasteiger partial charge in [0.25, 0.3) is 0 Å². The van der Waals surface area contributed by atoms with E-state index in [1.54, 1.807) is 28.2 Å². The van der Waals surface area contributed by atoms with Gasteiger partial charge in [-0.2, -0.15) is 0 Å². The van der Waals surface area contributed by atoms with Crippen LogP contribution in [0.3, 0.4) is 0 Å². The Morgan fingerprint density at radius 3 is 2.73 bits per heavy atom. The summed E-state index contributed by atoms with van der Waals surface area (Å²) in [6, 6.07) is 7.85. The predicted octanol–water partition coefficient (Wildman–Crippen LogP) is 2.30. The van der Waals surface area contributed by atoms with Crippen LogP contribution in [-0.2, 0) is 27.4 Å². The predicted molar refractivity (Wildman–Crippen MR) is 116 cm³/mol. The van der Waals surface area contributed by atoms with Gasteiger partial charge in [0.2, 0.25) is 11.8 Å². The minimum atomic E-state index is -0.310. The summed E-state index contributed by atoms with van der Waals surface area (Å²) in [5.74, 6) is -0.303. The topological polar surface area (TPSA) is 66.0 Å². The quantitative estimate of drug-likeness (QED) is 0.706. The van der Waals surface area contributed by atoms with Gasteiger partial charge >= 0.3 is 0 Å². The number of anilines is 1. The molecule has 2 aromatic rings. The van der Waals surface area contributed by atoms with Crippen LogP contribution >= 0.6 is 11.3 Å². The van der Waals surface area contributed by atoms with E-state index in [4.69, 9.17) is 9.72 Å². The Morgan fingerprint density at radius 2 is 2.00 bits per heavy atom. The molecular formula is C22H28N4O3S. The standard InChI is InChI=1S/C22H28N4O3S/c1-16-3-5-19(6-4-16)26-12-17(11-21(26)27)22(28)24(2)13-18-15-30-20(23-18)14-25-7-9-29-10-8-25/h3-6,15,17H,7-14H2,1-2H3. The monoisotopic (exact) mass is 428 g/mol. The van der Waals surface area contributed by atoms with Crippen LogP contribution in [0.15, 0.2) is 29.6 Å². The van der Waals surface area contributed by atoms with E-state index >= 15 is 0 Å². The highest BCUT2D eigenvalue weighted by Gasteiger charge is 2.36. The molecule has 8 heteroatoms. The van der Waals surface area contributed by atoms with Crippen molar-refractivity contribution < 1.29 is 14.3 Å². The molecule has 1 aromatic heterocycles. The van der Waals surface area contributed by atoms with Crippen LogP contribution in [0.4, 0.5) is 5.69 Å². The Labute approximate surface area is 181 Å². The number of amides is 2. The van der Waals surface area contributed by atoms with Crippen molar-refractivity contribution in [1.29, 1.82) is 0 Å². The van der Waals surface area contributed by atoms with Crippen molar-refractivity contribution in [2.45, 2.75) is 26.4 Å². The number of carbonyl (C=O) groups excluding carboxylic acids is 2. The summed E-state index contributed by atoms with van der Waals surface area (Å²) in [4.78, 5) is 35.9. The van der Waals surface area contributed by atoms with Gasteiger partial charge in [0.1, 0.15) is 5.01 Å². The van der Waals surface area contributed by atoms with Gasteiger partial charge < -0.3 is 14.5 Å². The molecule has 2 amide bonds. The Kier molecular flexibility index (Phi) is 6.46. The van der Waals surface area contributed by atoms with Crippen molar-refractivity contribution in [1.82, 2.24) is 14.8 Å². The molecule has 30 heavy (non-hydrogen) atoms. The molecule has 1 atom stereocenters. The highest BCUT2D eigenvalue weighted by molar-refractivity contribution is 7.09. The van der Waals surface area contributed by atoms with Gasteiger partial charge in [-0.05, 0) is 19.1 Å². The van der Waals surface area contributed by atoms with E-state index in [0.717, 1.165) is 54.8 Å². The SMILES string of the molecule is Cc1ccc(N2CC(C(=O)N(C)Cc3csc(CN4CCOCC4)n3)CC2=O)cc1. The molecule has 0 aliphatic carbocycles. The first-order valence-electron chi connectivity index (χ1n) is 10.3. The lowest BCUT2D eigenvalue weighted by molar-refractivity contribution is -0.135. The number of hydrogen-bond acceptors (Lipinski definition) is 6. The Hall–Kier alpha value is -2.29. The second-order valence-corrected chi connectivity index (χ2v) is 9.00. The van der Waals surface area contributed by atoms with E-state index in [1.165, 1.54) is 0 Å². The second kappa shape index (κ2) is 9.24. The maximum absolute atomic E-state index is 13.0. The van der Waals surface area contributed by atoms with Crippen LogP contribution in [0.1, 0.15) is 22.7 Å². The van der Waals surface area contributed by atoms with E-state index in [-0.39, 0.29) is 24.2 Å². The molecule has 0 N–H and O–H groups in total. The molecule has 7 nitrogen and oxygen atoms in total. The van der Waals surface area contributed by atoms with E-state index in [1.807, 2.05) is 36.6 Å². The van der Waals surface area contributed by atoms with E-state index in [2.05, 4.69) is 4.90 Å². The smallest absolute Gasteiger partial charge is 0.228 e. The number of morpholine rings is 1. The van der Waals surface area contributed by atoms with E-state index in [0.29, 0.717) is 13.1 Å². The number of aryl methyl sites for hydroxylation is 1. The van der Waals surface area contributed by atoms with Crippen LogP contribution in [0.5, 0.6) is 0 Å². The first kappa shape index (κ1) is 21.0. The lowest BCUT2D eigenvalue weighted by Crippen LogP contribution is -2.35. The number of nitrogens with zero attached hydrogens (tertiary/aromatic N) is 4. The number of ether oxygens (including phenoxy) is 1. The molecule has 2 aliphatic heterocycles. The first-order chi connectivity index (χ1) is 14.5. The van der Waals surface area contributed by atoms with Crippen molar-refractivity contribution in [3.8, 4) is 0 Å². The van der Waals surface area contributed by atoms with Crippen LogP contribution in [0.25, 0.3) is 0 Å². The zero-order chi connectivity index (χ0) is 21.1. The maximum atomic E-state index is 13.0. The molecule has 2 aliphatic rings. The first-order valence-corrected chi connectivity index (χ1v) is 11.2. The molecule has 0 radical (unpaired) electrons. The average molecular weight is 429 g/mol. The molecular weight excluding hydrogens is 400 g/mol. The summed E-state index contributed by atoms with van der Waals surface area (Å²) in [5, 5.41) is 3.09. The molecule has 0 bridgehead atoms. The summed E-state index contributed by atoms with van der Waals surface area (Å²) in [6.45, 7) is 7.15. The normalized spacial score (nSPS) is 20.0. The van der Waals surface area contributed by atoms with Crippen molar-refractivity contribution >= 4 is 28.8 Å². The fourth-order valence-corrected chi connectivity index (χ4v) is 4.75. The second-order valence-electron chi connectivity index (χ2n) is 8.06. The van der Waals surface area contributed by atoms with Crippen LogP contribution < -0.4 is 4.90 Å². The fourth-order valence-electron chi connectivity index (χ4n) is 3.92. The van der Waals surface area contributed by atoms with Gasteiger partial charge in [-0.25, -0.2) is 4.98 Å². The summed E-state index contributed by atoms with van der Waals surface area (Å²) < 4.78 is 5.39. The third-order valence-corrected chi connectivity index (χ3v) is 6.54. The summed E-state index contributed by atoms with van der Waals surface area (Å²) in [7, 11) is 1.79. The molecule has 4 rings (SSSR count). The average Bonchev–Trinajstić information content (AvgIpc) is 3.35. The fraction of sp³-hybridized carbons (Fsp3) is 0.500. The van der Waals surface area contributed by atoms with Crippen molar-refractivity contribution in [3.63, 3.8) is 0 Å². The molecule has 2 saturated heterocycles. The van der Waals surface area contributed by atoms with Crippen LogP contribution in [0.2, 0.25) is 0 Å². The molecule has 160 valence electrons. The maximum Gasteiger partial charge on any atom is 0.228 e. The molecule has 0 spiro atoms. The van der Waals surface area contributed by atoms with Gasteiger partial charge in [-0.15, -0.1) is 11.3 Å². The highest BCUT2D eigenvalue weighted by atomic mass is 32.1. The number of benzene rings is 1. The molecule has 0 saturated carbocycles. The largest absolute Gasteiger partial charge is 0.379 e. The minimum Gasteiger partial charge on any atom is -0.379 e. The van der Waals surface area contributed by atoms with Crippen molar-refractivity contribution in [3.05, 3.63) is 45.9 Å². The van der Waals surface area contributed by atoms with Gasteiger partial charge in [0.15, 0.2) is 0 Å². The summed E-state index contributed by atoms with van der Waals surface area (Å²) in [6.07, 6.45) is 0.260. The number of hydrogen-bond donors (Lipinski definition) is 0. The number of thiazole rings is 1. The summed E-state index contributed by atoms with van der Waals surface area (Å²) >= 11 is 1.63. The van der Waals surface area contributed by atoms with Crippen LogP contribution in [0, 0.1) is 12.8 Å². The zero-order valence-corrected chi connectivity index (χ0v) is 18.4. The number of rotatable bonds is 6. The summed E-state index contributed by atoms with van der Waals surface area (Å²) in [5.41, 5.74) is 2.91.